The molecule has 3 atom stereocenters. The van der Waals surface area contributed by atoms with Gasteiger partial charge in [-0.05, 0) is 24.8 Å². The second-order valence-corrected chi connectivity index (χ2v) is 10.5. The largest absolute Gasteiger partial charge is 0.351 e. The highest BCUT2D eigenvalue weighted by Crippen LogP contribution is 2.53. The Morgan fingerprint density at radius 2 is 1.70 bits per heavy atom. The third-order valence-corrected chi connectivity index (χ3v) is 9.03. The first-order chi connectivity index (χ1) is 15.9. The molecular formula is C22H22N4O5S2. The van der Waals surface area contributed by atoms with E-state index in [1.165, 1.54) is 4.57 Å². The van der Waals surface area contributed by atoms with Gasteiger partial charge in [-0.25, -0.2) is 4.79 Å². The maximum Gasteiger partial charge on any atom is 0.328 e. The molecule has 0 radical (unpaired) electrons. The fourth-order valence-electron chi connectivity index (χ4n) is 4.87. The third-order valence-electron chi connectivity index (χ3n) is 6.43. The van der Waals surface area contributed by atoms with Crippen LogP contribution in [0.4, 0.5) is 4.79 Å². The van der Waals surface area contributed by atoms with Gasteiger partial charge in [0.2, 0.25) is 11.8 Å². The van der Waals surface area contributed by atoms with E-state index in [0.29, 0.717) is 27.9 Å². The van der Waals surface area contributed by atoms with E-state index >= 15 is 0 Å². The van der Waals surface area contributed by atoms with Crippen LogP contribution in [-0.2, 0) is 20.9 Å². The van der Waals surface area contributed by atoms with Crippen molar-refractivity contribution in [3.05, 3.63) is 50.4 Å². The molecule has 3 aliphatic rings. The Kier molecular flexibility index (Phi) is 5.61. The summed E-state index contributed by atoms with van der Waals surface area (Å²) < 4.78 is 1.42. The van der Waals surface area contributed by atoms with Gasteiger partial charge in [0.1, 0.15) is 11.8 Å². The number of hydrogen-bond donors (Lipinski definition) is 1. The van der Waals surface area contributed by atoms with E-state index in [0.717, 1.165) is 47.9 Å². The SMILES string of the molecule is NC(=O)N1C(=O)C2Sc3c(sc(=O)n3CC(=O)N3CCCCC3)[C@@H](c3ccccc3)C2C1=O. The second-order valence-electron chi connectivity index (χ2n) is 8.37. The fourth-order valence-corrected chi connectivity index (χ4v) is 7.64. The van der Waals surface area contributed by atoms with Crippen molar-refractivity contribution in [2.75, 3.05) is 13.1 Å². The van der Waals surface area contributed by atoms with E-state index in [9.17, 15) is 24.0 Å². The quantitative estimate of drug-likeness (QED) is 0.658. The highest BCUT2D eigenvalue weighted by atomic mass is 32.2. The summed E-state index contributed by atoms with van der Waals surface area (Å²) in [6.07, 6.45) is 2.97. The summed E-state index contributed by atoms with van der Waals surface area (Å²) in [6, 6.07) is 8.03. The predicted octanol–water partition coefficient (Wildman–Crippen LogP) is 1.59. The zero-order valence-electron chi connectivity index (χ0n) is 17.6. The number of fused-ring (bicyclic) bond motifs is 2. The minimum absolute atomic E-state index is 0.113. The van der Waals surface area contributed by atoms with Crippen LogP contribution in [0.2, 0.25) is 0 Å². The standard InChI is InChI=1S/C22H22N4O5S2/c23-21(30)26-18(28)15-14(12-7-3-1-4-8-12)17-20(32-16(15)19(26)29)25(22(31)33-17)11-13(27)24-9-5-2-6-10-24/h1,3-4,7-8,14-16H,2,5-6,9-11H2,(H2,23,30)/t14-,15?,16?/m0/s1. The smallest absolute Gasteiger partial charge is 0.328 e. The highest BCUT2D eigenvalue weighted by molar-refractivity contribution is 8.00. The van der Waals surface area contributed by atoms with Gasteiger partial charge in [-0.2, -0.15) is 4.90 Å². The number of amides is 5. The summed E-state index contributed by atoms with van der Waals surface area (Å²) in [6.45, 7) is 1.23. The van der Waals surface area contributed by atoms with E-state index in [1.807, 2.05) is 30.3 Å². The van der Waals surface area contributed by atoms with Crippen LogP contribution in [-0.4, -0.2) is 56.5 Å². The van der Waals surface area contributed by atoms with Crippen LogP contribution in [0.25, 0.3) is 0 Å². The monoisotopic (exact) mass is 486 g/mol. The molecule has 2 aromatic rings. The summed E-state index contributed by atoms with van der Waals surface area (Å²) in [7, 11) is 0. The first-order valence-electron chi connectivity index (χ1n) is 10.8. The van der Waals surface area contributed by atoms with Crippen molar-refractivity contribution in [2.45, 2.75) is 42.0 Å². The number of rotatable bonds is 3. The van der Waals surface area contributed by atoms with Gasteiger partial charge in [-0.15, -0.1) is 0 Å². The van der Waals surface area contributed by atoms with Crippen LogP contribution in [0.1, 0.15) is 35.6 Å². The topological polar surface area (TPSA) is 123 Å². The molecule has 2 fully saturated rings. The first-order valence-corrected chi connectivity index (χ1v) is 12.5. The Morgan fingerprint density at radius 1 is 1.00 bits per heavy atom. The highest BCUT2D eigenvalue weighted by Gasteiger charge is 2.57. The number of carbonyl (C=O) groups excluding carboxylic acids is 4. The fraction of sp³-hybridized carbons (Fsp3) is 0.409. The second kappa shape index (κ2) is 8.45. The molecule has 2 N–H and O–H groups in total. The number of nitrogens with zero attached hydrogens (tertiary/aromatic N) is 3. The summed E-state index contributed by atoms with van der Waals surface area (Å²) in [4.78, 5) is 66.5. The average molecular weight is 487 g/mol. The number of primary amides is 1. The lowest BCUT2D eigenvalue weighted by molar-refractivity contribution is -0.136. The number of carbonyl (C=O) groups is 4. The lowest BCUT2D eigenvalue weighted by Crippen LogP contribution is -2.41. The number of benzene rings is 1. The molecule has 5 amide bonds. The van der Waals surface area contributed by atoms with Crippen LogP contribution in [0, 0.1) is 5.92 Å². The Morgan fingerprint density at radius 3 is 2.36 bits per heavy atom. The van der Waals surface area contributed by atoms with Crippen LogP contribution in [0.3, 0.4) is 0 Å². The van der Waals surface area contributed by atoms with Crippen LogP contribution in [0.15, 0.2) is 40.2 Å². The van der Waals surface area contributed by atoms with Crippen molar-refractivity contribution in [3.63, 3.8) is 0 Å². The zero-order chi connectivity index (χ0) is 23.3. The van der Waals surface area contributed by atoms with Gasteiger partial charge in [0, 0.05) is 23.9 Å². The Bertz CT molecular complexity index is 1200. The first kappa shape index (κ1) is 21.9. The van der Waals surface area contributed by atoms with Crippen molar-refractivity contribution < 1.29 is 19.2 Å². The molecule has 172 valence electrons. The van der Waals surface area contributed by atoms with Crippen molar-refractivity contribution in [3.8, 4) is 0 Å². The maximum atomic E-state index is 13.1. The van der Waals surface area contributed by atoms with E-state index in [2.05, 4.69) is 0 Å². The molecule has 2 unspecified atom stereocenters. The third kappa shape index (κ3) is 3.59. The van der Waals surface area contributed by atoms with E-state index in [-0.39, 0.29) is 17.3 Å². The Balaban J connectivity index is 1.58. The van der Waals surface area contributed by atoms with Crippen LogP contribution >= 0.6 is 23.1 Å². The molecule has 9 nitrogen and oxygen atoms in total. The molecule has 33 heavy (non-hydrogen) atoms. The minimum Gasteiger partial charge on any atom is -0.351 e. The molecule has 4 heterocycles. The van der Waals surface area contributed by atoms with Gasteiger partial charge in [-0.1, -0.05) is 53.4 Å². The molecular weight excluding hydrogens is 464 g/mol. The van der Waals surface area contributed by atoms with E-state index in [1.54, 1.807) is 4.90 Å². The molecule has 1 aromatic heterocycles. The molecule has 0 saturated carbocycles. The van der Waals surface area contributed by atoms with Crippen molar-refractivity contribution in [1.82, 2.24) is 14.4 Å². The lowest BCUT2D eigenvalue weighted by atomic mass is 9.83. The molecule has 0 bridgehead atoms. The average Bonchev–Trinajstić information content (AvgIpc) is 3.26. The number of thioether (sulfide) groups is 1. The van der Waals surface area contributed by atoms with Gasteiger partial charge in [-0.3, -0.25) is 23.7 Å². The maximum absolute atomic E-state index is 13.1. The Hall–Kier alpha value is -2.92. The number of imide groups is 3. The number of nitrogens with two attached hydrogens (primary N) is 1. The molecule has 3 aliphatic heterocycles. The zero-order valence-corrected chi connectivity index (χ0v) is 19.3. The van der Waals surface area contributed by atoms with Gasteiger partial charge in [0.15, 0.2) is 0 Å². The van der Waals surface area contributed by atoms with Gasteiger partial charge < -0.3 is 10.6 Å². The summed E-state index contributed by atoms with van der Waals surface area (Å²) in [5, 5.41) is -0.383. The number of hydrogen-bond acceptors (Lipinski definition) is 7. The van der Waals surface area contributed by atoms with Gasteiger partial charge >= 0.3 is 10.9 Å². The number of thiazole rings is 1. The molecule has 0 aliphatic carbocycles. The normalized spacial score (nSPS) is 24.5. The van der Waals surface area contributed by atoms with Gasteiger partial charge in [0.05, 0.1) is 10.9 Å². The summed E-state index contributed by atoms with van der Waals surface area (Å²) in [5.74, 6) is -2.90. The summed E-state index contributed by atoms with van der Waals surface area (Å²) >= 11 is 2.07. The number of aromatic nitrogens is 1. The molecule has 11 heteroatoms. The van der Waals surface area contributed by atoms with E-state index < -0.39 is 34.9 Å². The number of piperidine rings is 1. The number of urea groups is 1. The Labute approximate surface area is 197 Å². The van der Waals surface area contributed by atoms with Gasteiger partial charge in [0.25, 0.3) is 5.91 Å². The molecule has 0 spiro atoms. The number of likely N-dealkylation sites (tertiary alicyclic amines) is 2. The minimum atomic E-state index is -1.10. The summed E-state index contributed by atoms with van der Waals surface area (Å²) in [5.41, 5.74) is 6.09. The molecule has 5 rings (SSSR count). The van der Waals surface area contributed by atoms with E-state index in [4.69, 9.17) is 5.73 Å². The van der Waals surface area contributed by atoms with Crippen LogP contribution in [0.5, 0.6) is 0 Å². The lowest BCUT2D eigenvalue weighted by Gasteiger charge is -2.31. The van der Waals surface area contributed by atoms with Crippen molar-refractivity contribution >= 4 is 46.9 Å². The molecule has 2 saturated heterocycles. The van der Waals surface area contributed by atoms with Crippen molar-refractivity contribution in [2.24, 2.45) is 11.7 Å². The molecule has 1 aromatic carbocycles. The predicted molar refractivity (Wildman–Crippen MR) is 122 cm³/mol. The van der Waals surface area contributed by atoms with Crippen molar-refractivity contribution in [1.29, 1.82) is 0 Å². The van der Waals surface area contributed by atoms with Crippen LogP contribution < -0.4 is 10.6 Å².